The maximum absolute atomic E-state index is 6.24. The Morgan fingerprint density at radius 1 is 1.10 bits per heavy atom. The predicted octanol–water partition coefficient (Wildman–Crippen LogP) is 2.42. The van der Waals surface area contributed by atoms with Gasteiger partial charge in [0.2, 0.25) is 0 Å². The van der Waals surface area contributed by atoms with Gasteiger partial charge >= 0.3 is 0 Å². The highest BCUT2D eigenvalue weighted by molar-refractivity contribution is 6.33. The fourth-order valence-corrected chi connectivity index (χ4v) is 2.49. The fraction of sp³-hybridized carbons (Fsp3) is 0. The molecule has 104 valence electrons. The summed E-state index contributed by atoms with van der Waals surface area (Å²) in [5.74, 6) is 1.35. The number of rotatable bonds is 2. The van der Waals surface area contributed by atoms with Gasteiger partial charge < -0.3 is 4.52 Å². The molecule has 1 aliphatic rings. The van der Waals surface area contributed by atoms with E-state index in [0.29, 0.717) is 16.6 Å². The number of hydrazone groups is 1. The lowest BCUT2D eigenvalue weighted by molar-refractivity contribution is 0.441. The van der Waals surface area contributed by atoms with Crippen LogP contribution in [0.25, 0.3) is 22.2 Å². The van der Waals surface area contributed by atoms with E-state index in [1.807, 2.05) is 42.5 Å². The molecule has 0 atom stereocenters. The number of fused-ring (bicyclic) bond motifs is 1. The Labute approximate surface area is 124 Å². The van der Waals surface area contributed by atoms with Gasteiger partial charge in [0.05, 0.1) is 10.4 Å². The molecule has 7 heteroatoms. The second-order valence-electron chi connectivity index (χ2n) is 4.55. The number of aromatic nitrogens is 1. The van der Waals surface area contributed by atoms with Gasteiger partial charge in [-0.05, 0) is 30.3 Å². The summed E-state index contributed by atoms with van der Waals surface area (Å²) in [7, 11) is 0. The molecule has 3 N–H and O–H groups in total. The Balaban J connectivity index is 1.90. The Morgan fingerprint density at radius 2 is 2.00 bits per heavy atom. The standard InChI is InChI=1S/C14H10ClN5O/c15-11-4-2-1-3-9(11)13-10-7-8(14-16-19-20-17-14)5-6-12(10)18-21-13/h1-7,19-20H,(H,16,17). The number of hydrazine groups is 2. The number of nitrogens with one attached hydrogen (secondary N) is 3. The third-order valence-electron chi connectivity index (χ3n) is 3.27. The van der Waals surface area contributed by atoms with Crippen molar-refractivity contribution in [3.05, 3.63) is 53.1 Å². The Hall–Kier alpha value is -2.57. The van der Waals surface area contributed by atoms with E-state index in [2.05, 4.69) is 26.8 Å². The van der Waals surface area contributed by atoms with Crippen LogP contribution in [0.1, 0.15) is 5.56 Å². The van der Waals surface area contributed by atoms with Gasteiger partial charge in [-0.15, -0.1) is 10.6 Å². The molecule has 21 heavy (non-hydrogen) atoms. The molecule has 0 fully saturated rings. The molecule has 0 bridgehead atoms. The number of amidine groups is 1. The Bertz CT molecular complexity index is 857. The van der Waals surface area contributed by atoms with E-state index in [-0.39, 0.29) is 0 Å². The Morgan fingerprint density at radius 3 is 2.81 bits per heavy atom. The lowest BCUT2D eigenvalue weighted by Gasteiger charge is -2.02. The van der Waals surface area contributed by atoms with Crippen LogP contribution in [0.5, 0.6) is 0 Å². The number of halogens is 1. The summed E-state index contributed by atoms with van der Waals surface area (Å²) in [6.07, 6.45) is 0. The molecule has 6 nitrogen and oxygen atoms in total. The van der Waals surface area contributed by atoms with Gasteiger partial charge in [0, 0.05) is 11.1 Å². The van der Waals surface area contributed by atoms with Crippen molar-refractivity contribution in [2.45, 2.75) is 0 Å². The van der Waals surface area contributed by atoms with Crippen molar-refractivity contribution >= 4 is 28.3 Å². The highest BCUT2D eigenvalue weighted by atomic mass is 35.5. The van der Waals surface area contributed by atoms with Crippen molar-refractivity contribution < 1.29 is 4.52 Å². The molecule has 0 saturated carbocycles. The molecule has 0 amide bonds. The highest BCUT2D eigenvalue weighted by Crippen LogP contribution is 2.33. The molecular formula is C14H10ClN5O. The molecule has 1 aromatic heterocycles. The summed E-state index contributed by atoms with van der Waals surface area (Å²) in [4.78, 5) is 0. The number of nitrogens with zero attached hydrogens (tertiary/aromatic N) is 2. The van der Waals surface area contributed by atoms with Crippen LogP contribution < -0.4 is 16.5 Å². The summed E-state index contributed by atoms with van der Waals surface area (Å²) in [5, 5.41) is 9.67. The van der Waals surface area contributed by atoms with Gasteiger partial charge in [-0.25, -0.2) is 5.53 Å². The molecule has 4 rings (SSSR count). The minimum Gasteiger partial charge on any atom is -0.355 e. The van der Waals surface area contributed by atoms with Gasteiger partial charge in [-0.2, -0.15) is 0 Å². The van der Waals surface area contributed by atoms with Crippen LogP contribution in [0.2, 0.25) is 5.02 Å². The van der Waals surface area contributed by atoms with Crippen molar-refractivity contribution in [3.63, 3.8) is 0 Å². The lowest BCUT2D eigenvalue weighted by atomic mass is 10.1. The second-order valence-corrected chi connectivity index (χ2v) is 4.95. The minimum atomic E-state index is 0.626. The zero-order valence-electron chi connectivity index (χ0n) is 10.7. The van der Waals surface area contributed by atoms with Gasteiger partial charge in [0.1, 0.15) is 5.52 Å². The molecule has 1 aliphatic heterocycles. The first-order valence-corrected chi connectivity index (χ1v) is 6.69. The largest absolute Gasteiger partial charge is 0.355 e. The summed E-state index contributed by atoms with van der Waals surface area (Å²) >= 11 is 6.24. The molecular weight excluding hydrogens is 290 g/mol. The molecule has 2 heterocycles. The quantitative estimate of drug-likeness (QED) is 0.677. The van der Waals surface area contributed by atoms with Gasteiger partial charge in [-0.3, -0.25) is 5.43 Å². The zero-order valence-corrected chi connectivity index (χ0v) is 11.5. The number of hydrogen-bond acceptors (Lipinski definition) is 6. The highest BCUT2D eigenvalue weighted by Gasteiger charge is 2.16. The fourth-order valence-electron chi connectivity index (χ4n) is 2.26. The number of hydrogen-bond donors (Lipinski definition) is 3. The van der Waals surface area contributed by atoms with Crippen LogP contribution in [-0.4, -0.2) is 11.0 Å². The van der Waals surface area contributed by atoms with E-state index in [9.17, 15) is 0 Å². The van der Waals surface area contributed by atoms with Crippen LogP contribution in [0.15, 0.2) is 52.1 Å². The van der Waals surface area contributed by atoms with E-state index in [1.54, 1.807) is 0 Å². The van der Waals surface area contributed by atoms with Crippen molar-refractivity contribution in [2.75, 3.05) is 0 Å². The molecule has 0 radical (unpaired) electrons. The van der Waals surface area contributed by atoms with Crippen molar-refractivity contribution in [1.29, 1.82) is 0 Å². The monoisotopic (exact) mass is 299 g/mol. The molecule has 0 spiro atoms. The van der Waals surface area contributed by atoms with E-state index in [0.717, 1.165) is 22.0 Å². The van der Waals surface area contributed by atoms with Crippen LogP contribution >= 0.6 is 11.6 Å². The average molecular weight is 300 g/mol. The first-order valence-electron chi connectivity index (χ1n) is 6.31. The average Bonchev–Trinajstić information content (AvgIpc) is 3.17. The van der Waals surface area contributed by atoms with E-state index >= 15 is 0 Å². The van der Waals surface area contributed by atoms with Crippen molar-refractivity contribution in [2.24, 2.45) is 5.10 Å². The summed E-state index contributed by atoms with van der Waals surface area (Å²) in [6.45, 7) is 0. The van der Waals surface area contributed by atoms with Crippen LogP contribution in [0, 0.1) is 0 Å². The van der Waals surface area contributed by atoms with Gasteiger partial charge in [0.25, 0.3) is 0 Å². The molecule has 0 unspecified atom stereocenters. The Kier molecular flexibility index (Phi) is 2.77. The number of benzene rings is 2. The smallest absolute Gasteiger partial charge is 0.176 e. The minimum absolute atomic E-state index is 0.626. The zero-order chi connectivity index (χ0) is 14.2. The van der Waals surface area contributed by atoms with Gasteiger partial charge in [0.15, 0.2) is 11.6 Å². The van der Waals surface area contributed by atoms with E-state index in [4.69, 9.17) is 16.1 Å². The molecule has 0 aliphatic carbocycles. The lowest BCUT2D eigenvalue weighted by Crippen LogP contribution is -2.35. The predicted molar refractivity (Wildman–Crippen MR) is 80.4 cm³/mol. The van der Waals surface area contributed by atoms with Crippen molar-refractivity contribution in [1.82, 2.24) is 21.7 Å². The molecule has 3 aromatic rings. The van der Waals surface area contributed by atoms with E-state index < -0.39 is 0 Å². The molecule has 0 saturated heterocycles. The maximum Gasteiger partial charge on any atom is 0.176 e. The third kappa shape index (κ3) is 2.01. The first-order chi connectivity index (χ1) is 10.3. The van der Waals surface area contributed by atoms with E-state index in [1.165, 1.54) is 0 Å². The summed E-state index contributed by atoms with van der Waals surface area (Å²) in [5.41, 5.74) is 10.8. The summed E-state index contributed by atoms with van der Waals surface area (Å²) in [6, 6.07) is 13.3. The molecule has 2 aromatic carbocycles. The van der Waals surface area contributed by atoms with Crippen LogP contribution in [-0.2, 0) is 0 Å². The SMILES string of the molecule is Clc1ccccc1-c1onc2ccc(C3=NNNN3)cc12. The summed E-state index contributed by atoms with van der Waals surface area (Å²) < 4.78 is 5.47. The maximum atomic E-state index is 6.24. The second kappa shape index (κ2) is 4.76. The van der Waals surface area contributed by atoms with Crippen molar-refractivity contribution in [3.8, 4) is 11.3 Å². The van der Waals surface area contributed by atoms with Gasteiger partial charge in [-0.1, -0.05) is 28.9 Å². The third-order valence-corrected chi connectivity index (χ3v) is 3.60. The van der Waals surface area contributed by atoms with Crippen LogP contribution in [0.4, 0.5) is 0 Å². The topological polar surface area (TPSA) is 74.5 Å². The first kappa shape index (κ1) is 12.2. The normalized spacial score (nSPS) is 13.9. The van der Waals surface area contributed by atoms with Crippen LogP contribution in [0.3, 0.4) is 0 Å².